The van der Waals surface area contributed by atoms with Crippen LogP contribution < -0.4 is 14.4 Å². The van der Waals surface area contributed by atoms with Gasteiger partial charge in [0.2, 0.25) is 5.88 Å². The Labute approximate surface area is 245 Å². The summed E-state index contributed by atoms with van der Waals surface area (Å²) in [5.74, 6) is 0.518. The quantitative estimate of drug-likeness (QED) is 0.358. The van der Waals surface area contributed by atoms with Crippen LogP contribution in [0.1, 0.15) is 61.5 Å². The first-order chi connectivity index (χ1) is 19.7. The van der Waals surface area contributed by atoms with Gasteiger partial charge in [-0.25, -0.2) is 31.6 Å². The van der Waals surface area contributed by atoms with Crippen molar-refractivity contribution in [2.24, 2.45) is 18.4 Å². The van der Waals surface area contributed by atoms with Crippen LogP contribution in [-0.2, 0) is 17.1 Å². The molecule has 1 aliphatic heterocycles. The Morgan fingerprint density at radius 1 is 1.21 bits per heavy atom. The Hall–Kier alpha value is -3.12. The standard InChI is InChI=1S/C27H34F2N7O4PS/c1-17-13-26(8-4-9-26)35(14-17)23-19(24(37)33-42(38,39)20-15-34(3)31-18(20)2)5-6-21(30-23)36-12-7-22(32-36)40-16-25(10-11-25)27(28,29)41/h5-7,12,15,17H,4,8-11,13-14,16,41H2,1-3H3,(H,33,37). The molecule has 11 nitrogen and oxygen atoms in total. The second-order valence-electron chi connectivity index (χ2n) is 12.0. The van der Waals surface area contributed by atoms with Crippen molar-refractivity contribution in [3.8, 4) is 11.7 Å². The normalized spacial score (nSPS) is 20.9. The van der Waals surface area contributed by atoms with E-state index in [2.05, 4.69) is 26.7 Å². The van der Waals surface area contributed by atoms with Crippen molar-refractivity contribution in [3.05, 3.63) is 41.9 Å². The van der Waals surface area contributed by atoms with E-state index < -0.39 is 27.0 Å². The average molecular weight is 622 g/mol. The van der Waals surface area contributed by atoms with Gasteiger partial charge in [-0.1, -0.05) is 16.2 Å². The molecule has 2 aliphatic carbocycles. The Morgan fingerprint density at radius 2 is 1.95 bits per heavy atom. The molecule has 2 saturated carbocycles. The number of rotatable bonds is 9. The van der Waals surface area contributed by atoms with Crippen LogP contribution >= 0.6 is 9.24 Å². The maximum Gasteiger partial charge on any atom is 0.268 e. The van der Waals surface area contributed by atoms with Crippen LogP contribution in [0, 0.1) is 18.3 Å². The summed E-state index contributed by atoms with van der Waals surface area (Å²) in [5, 5.41) is 8.47. The summed E-state index contributed by atoms with van der Waals surface area (Å²) in [6.45, 7) is 4.23. The van der Waals surface area contributed by atoms with Crippen molar-refractivity contribution in [2.45, 2.75) is 68.5 Å². The number of nitrogens with zero attached hydrogens (tertiary/aromatic N) is 6. The van der Waals surface area contributed by atoms with Gasteiger partial charge in [-0.2, -0.15) is 5.10 Å². The predicted octanol–water partition coefficient (Wildman–Crippen LogP) is 3.82. The monoisotopic (exact) mass is 621 g/mol. The van der Waals surface area contributed by atoms with Gasteiger partial charge >= 0.3 is 0 Å². The molecule has 42 heavy (non-hydrogen) atoms. The van der Waals surface area contributed by atoms with Gasteiger partial charge in [-0.05, 0) is 63.5 Å². The van der Waals surface area contributed by atoms with Crippen molar-refractivity contribution in [1.29, 1.82) is 0 Å². The fourth-order valence-electron chi connectivity index (χ4n) is 6.17. The molecule has 226 valence electrons. The number of amides is 1. The molecule has 1 saturated heterocycles. The van der Waals surface area contributed by atoms with Crippen LogP contribution in [-0.4, -0.2) is 63.2 Å². The molecule has 3 aromatic rings. The van der Waals surface area contributed by atoms with Gasteiger partial charge in [0.25, 0.3) is 21.6 Å². The number of aryl methyl sites for hydroxylation is 2. The molecule has 3 aromatic heterocycles. The van der Waals surface area contributed by atoms with Crippen LogP contribution in [0.4, 0.5) is 14.6 Å². The zero-order chi connectivity index (χ0) is 30.1. The Kier molecular flexibility index (Phi) is 6.88. The second kappa shape index (κ2) is 9.97. The number of halogens is 2. The van der Waals surface area contributed by atoms with Crippen molar-refractivity contribution >= 4 is 31.0 Å². The molecule has 3 aliphatic rings. The highest BCUT2D eigenvalue weighted by Gasteiger charge is 2.60. The molecule has 1 amide bonds. The summed E-state index contributed by atoms with van der Waals surface area (Å²) in [5.41, 5.74) is -3.85. The molecule has 0 radical (unpaired) electrons. The molecule has 0 aromatic carbocycles. The summed E-state index contributed by atoms with van der Waals surface area (Å²) in [6, 6.07) is 4.70. The third-order valence-corrected chi connectivity index (χ3v) is 10.8. The molecular weight excluding hydrogens is 587 g/mol. The Bertz CT molecular complexity index is 1640. The van der Waals surface area contributed by atoms with Gasteiger partial charge in [-0.15, -0.1) is 5.10 Å². The van der Waals surface area contributed by atoms with Gasteiger partial charge in [0.15, 0.2) is 5.82 Å². The summed E-state index contributed by atoms with van der Waals surface area (Å²) < 4.78 is 64.8. The fourth-order valence-corrected chi connectivity index (χ4v) is 7.73. The van der Waals surface area contributed by atoms with Crippen LogP contribution in [0.2, 0.25) is 0 Å². The molecule has 0 bridgehead atoms. The van der Waals surface area contributed by atoms with Crippen LogP contribution in [0.25, 0.3) is 5.82 Å². The Morgan fingerprint density at radius 3 is 2.55 bits per heavy atom. The molecule has 6 rings (SSSR count). The highest BCUT2D eigenvalue weighted by molar-refractivity contribution is 7.90. The lowest BCUT2D eigenvalue weighted by molar-refractivity contribution is -0.00452. The Balaban J connectivity index is 1.31. The number of hydrogen-bond donors (Lipinski definition) is 1. The molecule has 2 unspecified atom stereocenters. The second-order valence-corrected chi connectivity index (χ2v) is 14.4. The van der Waals surface area contributed by atoms with E-state index in [0.29, 0.717) is 36.9 Å². The molecular formula is C27H34F2N7O4PS. The summed E-state index contributed by atoms with van der Waals surface area (Å²) in [6.07, 6.45) is 7.65. The third-order valence-electron chi connectivity index (χ3n) is 8.78. The van der Waals surface area contributed by atoms with E-state index in [4.69, 9.17) is 9.72 Å². The minimum absolute atomic E-state index is 0.0776. The molecule has 3 fully saturated rings. The van der Waals surface area contributed by atoms with Crippen molar-refractivity contribution in [3.63, 3.8) is 0 Å². The lowest BCUT2D eigenvalue weighted by Gasteiger charge is -2.47. The fraction of sp³-hybridized carbons (Fsp3) is 0.556. The van der Waals surface area contributed by atoms with Crippen molar-refractivity contribution in [2.75, 3.05) is 18.1 Å². The largest absolute Gasteiger partial charge is 0.476 e. The lowest BCUT2D eigenvalue weighted by Crippen LogP contribution is -2.50. The summed E-state index contributed by atoms with van der Waals surface area (Å²) >= 11 is 0. The minimum Gasteiger partial charge on any atom is -0.476 e. The van der Waals surface area contributed by atoms with Gasteiger partial charge in [0.05, 0.1) is 16.7 Å². The van der Waals surface area contributed by atoms with Gasteiger partial charge in [0, 0.05) is 37.6 Å². The van der Waals surface area contributed by atoms with Crippen molar-refractivity contribution < 1.29 is 26.7 Å². The van der Waals surface area contributed by atoms with E-state index in [1.54, 1.807) is 47.6 Å². The SMILES string of the molecule is Cc1nn(C)cc1S(=O)(=O)NC(=O)c1ccc(-n2ccc(OCC3(C(F)(F)P)CC3)n2)nc1N1CC(C)CC12CCC2. The molecule has 1 spiro atoms. The zero-order valence-corrected chi connectivity index (χ0v) is 25.6. The zero-order valence-electron chi connectivity index (χ0n) is 23.7. The smallest absolute Gasteiger partial charge is 0.268 e. The number of carbonyl (C=O) groups excluding carboxylic acids is 1. The molecule has 15 heteroatoms. The number of carbonyl (C=O) groups is 1. The molecule has 4 heterocycles. The number of anilines is 1. The van der Waals surface area contributed by atoms with Crippen LogP contribution in [0.3, 0.4) is 0 Å². The average Bonchev–Trinajstić information content (AvgIpc) is 3.21. The first kappa shape index (κ1) is 29.0. The van der Waals surface area contributed by atoms with E-state index in [1.807, 2.05) is 0 Å². The van der Waals surface area contributed by atoms with Gasteiger partial charge in [-0.3, -0.25) is 9.48 Å². The molecule has 1 N–H and O–H groups in total. The van der Waals surface area contributed by atoms with E-state index >= 15 is 0 Å². The van der Waals surface area contributed by atoms with E-state index in [1.165, 1.54) is 15.6 Å². The first-order valence-electron chi connectivity index (χ1n) is 13.9. The molecule has 2 atom stereocenters. The van der Waals surface area contributed by atoms with Gasteiger partial charge < -0.3 is 9.64 Å². The van der Waals surface area contributed by atoms with Crippen LogP contribution in [0.5, 0.6) is 5.88 Å². The van der Waals surface area contributed by atoms with Gasteiger partial charge in [0.1, 0.15) is 17.3 Å². The topological polar surface area (TPSA) is 124 Å². The van der Waals surface area contributed by atoms with E-state index in [0.717, 1.165) is 25.7 Å². The highest BCUT2D eigenvalue weighted by atomic mass is 32.2. The van der Waals surface area contributed by atoms with Crippen molar-refractivity contribution in [1.82, 2.24) is 29.3 Å². The lowest BCUT2D eigenvalue weighted by atomic mass is 9.73. The maximum atomic E-state index is 13.9. The third kappa shape index (κ3) is 5.06. The number of nitrogens with one attached hydrogen (secondary N) is 1. The predicted molar refractivity (Wildman–Crippen MR) is 153 cm³/mol. The number of ether oxygens (including phenoxy) is 1. The number of sulfonamides is 1. The highest BCUT2D eigenvalue weighted by Crippen LogP contribution is 2.59. The number of pyridine rings is 1. The number of alkyl halides is 2. The summed E-state index contributed by atoms with van der Waals surface area (Å²) in [7, 11) is -0.976. The van der Waals surface area contributed by atoms with E-state index in [-0.39, 0.29) is 34.2 Å². The number of hydrogen-bond acceptors (Lipinski definition) is 8. The minimum atomic E-state index is -4.19. The van der Waals surface area contributed by atoms with Crippen LogP contribution in [0.15, 0.2) is 35.5 Å². The first-order valence-corrected chi connectivity index (χ1v) is 16.0. The number of aromatic nitrogens is 5. The maximum absolute atomic E-state index is 13.9. The van der Waals surface area contributed by atoms with E-state index in [9.17, 15) is 22.0 Å². The summed E-state index contributed by atoms with van der Waals surface area (Å²) in [4.78, 5) is 20.4.